The minimum Gasteiger partial charge on any atom is -0.468 e. The molecular formula is C60H71BN2O. The van der Waals surface area contributed by atoms with Crippen LogP contribution in [0.4, 0.5) is 34.1 Å². The van der Waals surface area contributed by atoms with E-state index in [1.165, 1.54) is 102 Å². The van der Waals surface area contributed by atoms with Crippen molar-refractivity contribution in [2.24, 2.45) is 0 Å². The number of benzene rings is 5. The van der Waals surface area contributed by atoms with Gasteiger partial charge in [-0.05, 0) is 162 Å². The molecule has 0 spiro atoms. The van der Waals surface area contributed by atoms with E-state index < -0.39 is 0 Å². The molecule has 0 saturated carbocycles. The van der Waals surface area contributed by atoms with Gasteiger partial charge in [-0.2, -0.15) is 0 Å². The van der Waals surface area contributed by atoms with Gasteiger partial charge in [0.2, 0.25) is 0 Å². The number of furan rings is 1. The lowest BCUT2D eigenvalue weighted by molar-refractivity contribution is 0.327. The van der Waals surface area contributed by atoms with Crippen LogP contribution in [0.1, 0.15) is 187 Å². The van der Waals surface area contributed by atoms with Crippen LogP contribution in [0, 0.1) is 6.92 Å². The summed E-state index contributed by atoms with van der Waals surface area (Å²) in [7, 11) is 0. The lowest BCUT2D eigenvalue weighted by Crippen LogP contribution is -2.62. The second kappa shape index (κ2) is 12.6. The predicted octanol–water partition coefficient (Wildman–Crippen LogP) is 14.8. The molecule has 0 fully saturated rings. The highest BCUT2D eigenvalue weighted by atomic mass is 16.3. The molecule has 0 bridgehead atoms. The van der Waals surface area contributed by atoms with E-state index in [4.69, 9.17) is 4.42 Å². The van der Waals surface area contributed by atoms with E-state index in [2.05, 4.69) is 200 Å². The van der Waals surface area contributed by atoms with Crippen molar-refractivity contribution in [1.29, 1.82) is 0 Å². The highest BCUT2D eigenvalue weighted by Gasteiger charge is 2.55. The molecule has 5 aliphatic rings. The highest BCUT2D eigenvalue weighted by Crippen LogP contribution is 2.63. The van der Waals surface area contributed by atoms with Crippen molar-refractivity contribution >= 4 is 68.4 Å². The van der Waals surface area contributed by atoms with Crippen molar-refractivity contribution in [1.82, 2.24) is 0 Å². The van der Waals surface area contributed by atoms with Crippen LogP contribution in [-0.2, 0) is 37.9 Å². The summed E-state index contributed by atoms with van der Waals surface area (Å²) in [5.41, 5.74) is 25.5. The number of hydrogen-bond acceptors (Lipinski definition) is 3. The van der Waals surface area contributed by atoms with Crippen molar-refractivity contribution < 1.29 is 4.42 Å². The molecule has 3 aliphatic heterocycles. The summed E-state index contributed by atoms with van der Waals surface area (Å²) in [5, 5.41) is 1.19. The third-order valence-electron chi connectivity index (χ3n) is 17.2. The second-order valence-electron chi connectivity index (χ2n) is 26.1. The number of hydrogen-bond donors (Lipinski definition) is 0. The minimum atomic E-state index is -0.137. The van der Waals surface area contributed by atoms with Crippen LogP contribution in [-0.4, -0.2) is 6.71 Å². The fourth-order valence-corrected chi connectivity index (χ4v) is 12.8. The van der Waals surface area contributed by atoms with Crippen LogP contribution < -0.4 is 26.4 Å². The smallest absolute Gasteiger partial charge is 0.297 e. The van der Waals surface area contributed by atoms with Crippen molar-refractivity contribution in [3.05, 3.63) is 123 Å². The second-order valence-corrected chi connectivity index (χ2v) is 26.1. The third-order valence-corrected chi connectivity index (χ3v) is 17.2. The van der Waals surface area contributed by atoms with Crippen molar-refractivity contribution in [3.63, 3.8) is 0 Å². The Labute approximate surface area is 385 Å². The van der Waals surface area contributed by atoms with Crippen molar-refractivity contribution in [2.45, 2.75) is 181 Å². The van der Waals surface area contributed by atoms with Crippen molar-refractivity contribution in [2.75, 3.05) is 9.80 Å². The number of fused-ring (bicyclic) bond motifs is 10. The van der Waals surface area contributed by atoms with Gasteiger partial charge in [0.1, 0.15) is 5.58 Å². The normalized spacial score (nSPS) is 21.0. The Balaban J connectivity index is 1.32. The molecule has 11 rings (SSSR count). The van der Waals surface area contributed by atoms with Crippen LogP contribution >= 0.6 is 0 Å². The first kappa shape index (κ1) is 42.0. The predicted molar refractivity (Wildman–Crippen MR) is 275 cm³/mol. The number of nitrogens with zero attached hydrogens (tertiary/aromatic N) is 2. The van der Waals surface area contributed by atoms with E-state index in [-0.39, 0.29) is 44.6 Å². The Morgan fingerprint density at radius 1 is 0.500 bits per heavy atom. The average molecular weight is 847 g/mol. The Bertz CT molecular complexity index is 3020. The lowest BCUT2D eigenvalue weighted by Gasteiger charge is -2.55. The molecule has 0 saturated heterocycles. The Morgan fingerprint density at radius 3 is 1.66 bits per heavy atom. The Hall–Kier alpha value is -4.70. The Kier molecular flexibility index (Phi) is 8.26. The molecule has 4 heteroatoms. The summed E-state index contributed by atoms with van der Waals surface area (Å²) in [6.07, 6.45) is 4.68. The fraction of sp³-hybridized carbons (Fsp3) is 0.467. The molecule has 0 amide bonds. The molecule has 4 heterocycles. The van der Waals surface area contributed by atoms with Crippen molar-refractivity contribution in [3.8, 4) is 0 Å². The largest absolute Gasteiger partial charge is 0.468 e. The minimum absolute atomic E-state index is 0.0196. The first-order valence-corrected chi connectivity index (χ1v) is 24.5. The summed E-state index contributed by atoms with van der Waals surface area (Å²) in [6, 6.07) is 29.8. The quantitative estimate of drug-likeness (QED) is 0.153. The van der Waals surface area contributed by atoms with Gasteiger partial charge >= 0.3 is 0 Å². The third kappa shape index (κ3) is 5.59. The maximum Gasteiger partial charge on any atom is 0.297 e. The van der Waals surface area contributed by atoms with Crippen LogP contribution in [0.5, 0.6) is 0 Å². The van der Waals surface area contributed by atoms with Gasteiger partial charge in [0.25, 0.3) is 6.71 Å². The SMILES string of the molecule is Cc1cc(C(C)(C)C)ccc1N1c2cc(C(C)(C)C)cc3c2B(c2ccc4c5c2N3c2cc3c(cc2C5(C)CCC4(C)C)C(C)(C)CCC3(C)C)c2oc3ccc(C(C)(C)C)cc3c21. The van der Waals surface area contributed by atoms with Gasteiger partial charge in [-0.25, -0.2) is 0 Å². The average Bonchev–Trinajstić information content (AvgIpc) is 3.58. The van der Waals surface area contributed by atoms with Gasteiger partial charge in [0, 0.05) is 33.6 Å². The first-order chi connectivity index (χ1) is 29.6. The summed E-state index contributed by atoms with van der Waals surface area (Å²) >= 11 is 0. The van der Waals surface area contributed by atoms with Gasteiger partial charge in [-0.15, -0.1) is 0 Å². The number of aryl methyl sites for hydroxylation is 1. The van der Waals surface area contributed by atoms with E-state index in [0.717, 1.165) is 24.1 Å². The van der Waals surface area contributed by atoms with Gasteiger partial charge in [-0.3, -0.25) is 0 Å². The highest BCUT2D eigenvalue weighted by molar-refractivity contribution is 7.00. The molecule has 64 heavy (non-hydrogen) atoms. The topological polar surface area (TPSA) is 19.6 Å². The molecule has 0 radical (unpaired) electrons. The fourth-order valence-electron chi connectivity index (χ4n) is 12.8. The Morgan fingerprint density at radius 2 is 1.05 bits per heavy atom. The van der Waals surface area contributed by atoms with Gasteiger partial charge < -0.3 is 14.2 Å². The van der Waals surface area contributed by atoms with Crippen LogP contribution in [0.3, 0.4) is 0 Å². The standard InChI is InChI=1S/C60H71BN2O/c1-34-28-35(54(2,3)4)18-22-44(34)62-46-30-37(56(8,9)10)31-47-50(46)61(53-51(62)38-29-36(55(5,6)7)19-23-48(38)64-53)43-21-20-39-49-52(43)63(47)45-33-41-40(58(13,14)24-25-59(41,15)16)32-42(45)60(49,17)27-26-57(39,11)12/h18-23,28-33H,24-27H2,1-17H3. The molecule has 1 atom stereocenters. The monoisotopic (exact) mass is 847 g/mol. The molecule has 6 aromatic rings. The zero-order valence-corrected chi connectivity index (χ0v) is 42.1. The summed E-state index contributed by atoms with van der Waals surface area (Å²) in [4.78, 5) is 5.41. The molecular weight excluding hydrogens is 775 g/mol. The maximum atomic E-state index is 7.46. The maximum absolute atomic E-state index is 7.46. The molecule has 3 nitrogen and oxygen atoms in total. The molecule has 0 N–H and O–H groups in total. The molecule has 1 aromatic heterocycles. The van der Waals surface area contributed by atoms with Crippen LogP contribution in [0.15, 0.2) is 77.2 Å². The zero-order valence-electron chi connectivity index (χ0n) is 42.1. The molecule has 330 valence electrons. The van der Waals surface area contributed by atoms with Crippen LogP contribution in [0.25, 0.3) is 11.0 Å². The van der Waals surface area contributed by atoms with E-state index >= 15 is 0 Å². The summed E-state index contributed by atoms with van der Waals surface area (Å²) < 4.78 is 7.46. The summed E-state index contributed by atoms with van der Waals surface area (Å²) in [6.45, 7) is 40.9. The van der Waals surface area contributed by atoms with E-state index in [1.807, 2.05) is 0 Å². The van der Waals surface area contributed by atoms with Crippen LogP contribution in [0.2, 0.25) is 0 Å². The van der Waals surface area contributed by atoms with Gasteiger partial charge in [-0.1, -0.05) is 147 Å². The van der Waals surface area contributed by atoms with Gasteiger partial charge in [0.15, 0.2) is 0 Å². The van der Waals surface area contributed by atoms with E-state index in [9.17, 15) is 0 Å². The number of anilines is 6. The lowest BCUT2D eigenvalue weighted by atomic mass is 9.34. The molecule has 2 aliphatic carbocycles. The molecule has 1 unspecified atom stereocenters. The molecule has 5 aromatic carbocycles. The summed E-state index contributed by atoms with van der Waals surface area (Å²) in [5.74, 6) is 0. The van der Waals surface area contributed by atoms with E-state index in [0.29, 0.717) is 0 Å². The first-order valence-electron chi connectivity index (χ1n) is 24.5. The number of rotatable bonds is 1. The zero-order chi connectivity index (χ0) is 45.8. The van der Waals surface area contributed by atoms with Gasteiger partial charge in [0.05, 0.1) is 17.0 Å². The van der Waals surface area contributed by atoms with E-state index in [1.54, 1.807) is 11.1 Å².